The van der Waals surface area contributed by atoms with E-state index in [1.54, 1.807) is 0 Å². The van der Waals surface area contributed by atoms with E-state index in [0.717, 1.165) is 13.0 Å². The van der Waals surface area contributed by atoms with E-state index in [-0.39, 0.29) is 6.03 Å². The molecular weight excluding hydrogens is 180 g/mol. The van der Waals surface area contributed by atoms with Crippen LogP contribution < -0.4 is 10.8 Å². The van der Waals surface area contributed by atoms with Crippen molar-refractivity contribution >= 4 is 6.03 Å². The average Bonchev–Trinajstić information content (AvgIpc) is 2.17. The van der Waals surface area contributed by atoms with Crippen LogP contribution in [0.5, 0.6) is 0 Å². The molecule has 14 heavy (non-hydrogen) atoms. The molecule has 0 unspecified atom stereocenters. The van der Waals surface area contributed by atoms with Crippen LogP contribution >= 0.6 is 0 Å². The van der Waals surface area contributed by atoms with Gasteiger partial charge in [-0.15, -0.1) is 0 Å². The molecule has 0 saturated heterocycles. The summed E-state index contributed by atoms with van der Waals surface area (Å²) in [4.78, 5) is 15.3. The predicted molar refractivity (Wildman–Crippen MR) is 56.9 cm³/mol. The van der Waals surface area contributed by atoms with E-state index in [1.165, 1.54) is 39.2 Å². The highest BCUT2D eigenvalue weighted by Gasteiger charge is 1.96. The normalized spacial score (nSPS) is 9.86. The number of hydrogen-bond donors (Lipinski definition) is 2. The molecule has 0 atom stereocenters. The van der Waals surface area contributed by atoms with Gasteiger partial charge in [-0.3, -0.25) is 4.84 Å². The van der Waals surface area contributed by atoms with Gasteiger partial charge in [0.15, 0.2) is 0 Å². The van der Waals surface area contributed by atoms with Crippen molar-refractivity contribution in [1.82, 2.24) is 10.8 Å². The van der Waals surface area contributed by atoms with Crippen LogP contribution in [0.15, 0.2) is 0 Å². The van der Waals surface area contributed by atoms with Gasteiger partial charge in [-0.05, 0) is 6.42 Å². The summed E-state index contributed by atoms with van der Waals surface area (Å²) in [6.07, 6.45) is 7.39. The van der Waals surface area contributed by atoms with Gasteiger partial charge in [0.25, 0.3) is 0 Å². The zero-order valence-corrected chi connectivity index (χ0v) is 9.27. The number of urea groups is 1. The fraction of sp³-hybridized carbons (Fsp3) is 0.900. The molecule has 0 heterocycles. The maximum Gasteiger partial charge on any atom is 0.338 e. The number of rotatable bonds is 8. The largest absolute Gasteiger partial charge is 0.338 e. The summed E-state index contributed by atoms with van der Waals surface area (Å²) in [5.74, 6) is 0. The molecule has 0 saturated carbocycles. The third-order valence-corrected chi connectivity index (χ3v) is 2.01. The Balaban J connectivity index is 3.01. The maximum atomic E-state index is 10.8. The molecule has 84 valence electrons. The first-order valence-electron chi connectivity index (χ1n) is 5.38. The lowest BCUT2D eigenvalue weighted by Crippen LogP contribution is -2.35. The van der Waals surface area contributed by atoms with Gasteiger partial charge < -0.3 is 5.32 Å². The Morgan fingerprint density at radius 2 is 1.79 bits per heavy atom. The van der Waals surface area contributed by atoms with E-state index >= 15 is 0 Å². The number of unbranched alkanes of at least 4 members (excludes halogenated alkanes) is 5. The second-order valence-electron chi connectivity index (χ2n) is 3.33. The Kier molecular flexibility index (Phi) is 9.74. The molecule has 0 aromatic heterocycles. The number of carbonyl (C=O) groups is 1. The van der Waals surface area contributed by atoms with E-state index in [4.69, 9.17) is 0 Å². The third kappa shape index (κ3) is 9.32. The van der Waals surface area contributed by atoms with Gasteiger partial charge in [0.1, 0.15) is 0 Å². The first-order chi connectivity index (χ1) is 6.81. The van der Waals surface area contributed by atoms with Crippen LogP contribution in [-0.2, 0) is 4.84 Å². The Bertz CT molecular complexity index is 140. The Morgan fingerprint density at radius 1 is 1.14 bits per heavy atom. The summed E-state index contributed by atoms with van der Waals surface area (Å²) in [5.41, 5.74) is 2.21. The molecule has 0 radical (unpaired) electrons. The number of nitrogens with one attached hydrogen (secondary N) is 2. The van der Waals surface area contributed by atoms with Gasteiger partial charge in [-0.1, -0.05) is 39.0 Å². The van der Waals surface area contributed by atoms with Gasteiger partial charge in [-0.25, -0.2) is 10.3 Å². The first kappa shape index (κ1) is 13.2. The summed E-state index contributed by atoms with van der Waals surface area (Å²) < 4.78 is 0. The first-order valence-corrected chi connectivity index (χ1v) is 5.38. The fourth-order valence-electron chi connectivity index (χ4n) is 1.24. The SMILES string of the molecule is CCCCCCCCNC(=O)NOC. The van der Waals surface area contributed by atoms with Crippen LogP contribution in [0.25, 0.3) is 0 Å². The van der Waals surface area contributed by atoms with Crippen molar-refractivity contribution in [2.45, 2.75) is 45.4 Å². The van der Waals surface area contributed by atoms with E-state index in [0.29, 0.717) is 0 Å². The average molecular weight is 202 g/mol. The molecule has 0 aliphatic carbocycles. The molecule has 0 aromatic carbocycles. The summed E-state index contributed by atoms with van der Waals surface area (Å²) in [5, 5.41) is 2.70. The van der Waals surface area contributed by atoms with Crippen molar-refractivity contribution in [1.29, 1.82) is 0 Å². The molecule has 2 N–H and O–H groups in total. The van der Waals surface area contributed by atoms with Crippen LogP contribution in [0.3, 0.4) is 0 Å². The number of hydrogen-bond acceptors (Lipinski definition) is 2. The van der Waals surface area contributed by atoms with Crippen LogP contribution in [0.2, 0.25) is 0 Å². The lowest BCUT2D eigenvalue weighted by Gasteiger charge is -2.04. The van der Waals surface area contributed by atoms with Gasteiger partial charge in [0, 0.05) is 6.54 Å². The molecule has 4 heteroatoms. The molecule has 0 rings (SSSR count). The van der Waals surface area contributed by atoms with Crippen molar-refractivity contribution in [3.8, 4) is 0 Å². The van der Waals surface area contributed by atoms with Gasteiger partial charge in [0.2, 0.25) is 0 Å². The van der Waals surface area contributed by atoms with Crippen molar-refractivity contribution in [3.05, 3.63) is 0 Å². The minimum atomic E-state index is -0.263. The quantitative estimate of drug-likeness (QED) is 0.468. The molecule has 0 bridgehead atoms. The third-order valence-electron chi connectivity index (χ3n) is 2.01. The molecule has 0 aromatic rings. The Hall–Kier alpha value is -0.770. The molecule has 2 amide bonds. The van der Waals surface area contributed by atoms with Crippen LogP contribution in [0.4, 0.5) is 4.79 Å². The summed E-state index contributed by atoms with van der Waals surface area (Å²) in [6.45, 7) is 2.93. The monoisotopic (exact) mass is 202 g/mol. The lowest BCUT2D eigenvalue weighted by atomic mass is 10.1. The lowest BCUT2D eigenvalue weighted by molar-refractivity contribution is 0.107. The summed E-state index contributed by atoms with van der Waals surface area (Å²) in [7, 11) is 1.42. The van der Waals surface area contributed by atoms with Crippen LogP contribution in [-0.4, -0.2) is 19.7 Å². The van der Waals surface area contributed by atoms with Gasteiger partial charge >= 0.3 is 6.03 Å². The molecule has 0 aliphatic heterocycles. The number of carbonyl (C=O) groups excluding carboxylic acids is 1. The highest BCUT2D eigenvalue weighted by molar-refractivity contribution is 5.72. The molecule has 0 fully saturated rings. The molecule has 0 spiro atoms. The van der Waals surface area contributed by atoms with Crippen molar-refractivity contribution < 1.29 is 9.63 Å². The smallest absolute Gasteiger partial charge is 0.336 e. The van der Waals surface area contributed by atoms with E-state index in [9.17, 15) is 4.79 Å². The number of amides is 2. The summed E-state index contributed by atoms with van der Waals surface area (Å²) in [6, 6.07) is -0.263. The van der Waals surface area contributed by atoms with Gasteiger partial charge in [0.05, 0.1) is 7.11 Å². The van der Waals surface area contributed by atoms with Crippen LogP contribution in [0.1, 0.15) is 45.4 Å². The van der Waals surface area contributed by atoms with Gasteiger partial charge in [-0.2, -0.15) is 0 Å². The minimum Gasteiger partial charge on any atom is -0.336 e. The maximum absolute atomic E-state index is 10.8. The van der Waals surface area contributed by atoms with Crippen molar-refractivity contribution in [3.63, 3.8) is 0 Å². The number of hydroxylamine groups is 1. The zero-order valence-electron chi connectivity index (χ0n) is 9.27. The highest BCUT2D eigenvalue weighted by atomic mass is 16.6. The Morgan fingerprint density at radius 3 is 2.43 bits per heavy atom. The highest BCUT2D eigenvalue weighted by Crippen LogP contribution is 2.03. The molecule has 0 aliphatic rings. The predicted octanol–water partition coefficient (Wildman–Crippen LogP) is 2.21. The van der Waals surface area contributed by atoms with E-state index < -0.39 is 0 Å². The van der Waals surface area contributed by atoms with Crippen LogP contribution in [0, 0.1) is 0 Å². The van der Waals surface area contributed by atoms with Crippen molar-refractivity contribution in [2.24, 2.45) is 0 Å². The topological polar surface area (TPSA) is 50.4 Å². The molecule has 4 nitrogen and oxygen atoms in total. The second kappa shape index (κ2) is 10.3. The standard InChI is InChI=1S/C10H22N2O2/c1-3-4-5-6-7-8-9-11-10(13)12-14-2/h3-9H2,1-2H3,(H2,11,12,13). The van der Waals surface area contributed by atoms with E-state index in [2.05, 4.69) is 22.6 Å². The Labute approximate surface area is 86.4 Å². The second-order valence-corrected chi connectivity index (χ2v) is 3.33. The fourth-order valence-corrected chi connectivity index (χ4v) is 1.24. The summed E-state index contributed by atoms with van der Waals surface area (Å²) >= 11 is 0. The molecular formula is C10H22N2O2. The zero-order chi connectivity index (χ0) is 10.6. The van der Waals surface area contributed by atoms with E-state index in [1.807, 2.05) is 0 Å². The van der Waals surface area contributed by atoms with Crippen molar-refractivity contribution in [2.75, 3.05) is 13.7 Å². The minimum absolute atomic E-state index is 0.263.